The van der Waals surface area contributed by atoms with Gasteiger partial charge in [-0.15, -0.1) is 0 Å². The van der Waals surface area contributed by atoms with E-state index in [4.69, 9.17) is 5.11 Å². The van der Waals surface area contributed by atoms with E-state index in [1.807, 2.05) is 46.8 Å². The molecule has 2 aromatic heterocycles. The minimum atomic E-state index is -0.799. The molecule has 0 aliphatic carbocycles. The van der Waals surface area contributed by atoms with E-state index in [1.54, 1.807) is 0 Å². The maximum Gasteiger partial charge on any atom is 0.317 e. The number of pyridine rings is 1. The van der Waals surface area contributed by atoms with Gasteiger partial charge in [-0.05, 0) is 25.1 Å². The van der Waals surface area contributed by atoms with Gasteiger partial charge in [-0.2, -0.15) is 0 Å². The van der Waals surface area contributed by atoms with Gasteiger partial charge in [0.25, 0.3) is 0 Å². The summed E-state index contributed by atoms with van der Waals surface area (Å²) in [5.74, 6) is -0.799. The molecule has 0 bridgehead atoms. The summed E-state index contributed by atoms with van der Waals surface area (Å²) in [6, 6.07) is 5.82. The molecule has 5 nitrogen and oxygen atoms in total. The Balaban J connectivity index is 2.12. The molecule has 2 rings (SSSR count). The number of hydrogen-bond acceptors (Lipinski definition) is 3. The molecule has 0 fully saturated rings. The van der Waals surface area contributed by atoms with Crippen LogP contribution in [0.1, 0.15) is 19.0 Å². The first-order chi connectivity index (χ1) is 8.69. The lowest BCUT2D eigenvalue weighted by molar-refractivity contribution is -0.138. The molecular formula is C13H17N3O2. The van der Waals surface area contributed by atoms with Gasteiger partial charge < -0.3 is 9.51 Å². The average molecular weight is 247 g/mol. The Morgan fingerprint density at radius 2 is 2.33 bits per heavy atom. The normalized spacial score (nSPS) is 11.2. The number of aromatic nitrogens is 2. The Bertz CT molecular complexity index is 503. The van der Waals surface area contributed by atoms with Crippen molar-refractivity contribution in [3.05, 3.63) is 36.3 Å². The molecule has 0 saturated heterocycles. The number of nitrogens with zero attached hydrogens (tertiary/aromatic N) is 3. The summed E-state index contributed by atoms with van der Waals surface area (Å²) in [4.78, 5) is 17.1. The van der Waals surface area contributed by atoms with Crippen molar-refractivity contribution in [1.29, 1.82) is 0 Å². The molecule has 1 N–H and O–H groups in total. The monoisotopic (exact) mass is 247 g/mol. The Morgan fingerprint density at radius 3 is 3.00 bits per heavy atom. The highest BCUT2D eigenvalue weighted by molar-refractivity contribution is 5.69. The van der Waals surface area contributed by atoms with Crippen molar-refractivity contribution >= 4 is 11.6 Å². The SMILES string of the molecule is CCCN(CC(=O)O)Cc1cn2ccccc2n1. The van der Waals surface area contributed by atoms with Gasteiger partial charge in [0.15, 0.2) is 0 Å². The van der Waals surface area contributed by atoms with Crippen molar-refractivity contribution < 1.29 is 9.90 Å². The predicted molar refractivity (Wildman–Crippen MR) is 68.4 cm³/mol. The number of imidazole rings is 1. The maximum atomic E-state index is 10.8. The lowest BCUT2D eigenvalue weighted by Crippen LogP contribution is -2.30. The topological polar surface area (TPSA) is 57.8 Å². The fraction of sp³-hybridized carbons (Fsp3) is 0.385. The summed E-state index contributed by atoms with van der Waals surface area (Å²) < 4.78 is 1.94. The predicted octanol–water partition coefficient (Wildman–Crippen LogP) is 1.63. The summed E-state index contributed by atoms with van der Waals surface area (Å²) in [5, 5.41) is 8.86. The number of fused-ring (bicyclic) bond motifs is 1. The van der Waals surface area contributed by atoms with Crippen LogP contribution in [0.4, 0.5) is 0 Å². The van der Waals surface area contributed by atoms with Crippen LogP contribution in [0.25, 0.3) is 5.65 Å². The Hall–Kier alpha value is -1.88. The van der Waals surface area contributed by atoms with Gasteiger partial charge in [-0.3, -0.25) is 9.69 Å². The molecule has 0 atom stereocenters. The van der Waals surface area contributed by atoms with Crippen LogP contribution in [-0.2, 0) is 11.3 Å². The third-order valence-corrected chi connectivity index (χ3v) is 2.70. The van der Waals surface area contributed by atoms with Gasteiger partial charge in [0.1, 0.15) is 5.65 Å². The van der Waals surface area contributed by atoms with E-state index in [0.29, 0.717) is 6.54 Å². The molecule has 96 valence electrons. The quantitative estimate of drug-likeness (QED) is 0.843. The van der Waals surface area contributed by atoms with Gasteiger partial charge in [-0.25, -0.2) is 4.98 Å². The molecular weight excluding hydrogens is 230 g/mol. The minimum Gasteiger partial charge on any atom is -0.480 e. The van der Waals surface area contributed by atoms with E-state index in [2.05, 4.69) is 4.98 Å². The second kappa shape index (κ2) is 5.64. The van der Waals surface area contributed by atoms with Gasteiger partial charge in [0.05, 0.1) is 12.2 Å². The first-order valence-corrected chi connectivity index (χ1v) is 6.06. The average Bonchev–Trinajstić information content (AvgIpc) is 2.70. The number of aliphatic carboxylic acids is 1. The molecule has 2 aromatic rings. The van der Waals surface area contributed by atoms with Crippen molar-refractivity contribution in [2.24, 2.45) is 0 Å². The highest BCUT2D eigenvalue weighted by atomic mass is 16.4. The number of carboxylic acid groups (broad SMARTS) is 1. The van der Waals surface area contributed by atoms with E-state index >= 15 is 0 Å². The molecule has 18 heavy (non-hydrogen) atoms. The van der Waals surface area contributed by atoms with Gasteiger partial charge >= 0.3 is 5.97 Å². The molecule has 0 aliphatic heterocycles. The molecule has 0 spiro atoms. The lowest BCUT2D eigenvalue weighted by Gasteiger charge is -2.17. The molecule has 0 aliphatic rings. The van der Waals surface area contributed by atoms with Crippen LogP contribution in [-0.4, -0.2) is 38.4 Å². The standard InChI is InChI=1S/C13H17N3O2/c1-2-6-15(10-13(17)18)8-11-9-16-7-4-3-5-12(16)14-11/h3-5,7,9H,2,6,8,10H2,1H3,(H,17,18). The first kappa shape index (κ1) is 12.6. The lowest BCUT2D eigenvalue weighted by atomic mass is 10.3. The Kier molecular flexibility index (Phi) is 3.94. The van der Waals surface area contributed by atoms with Gasteiger partial charge in [0.2, 0.25) is 0 Å². The third kappa shape index (κ3) is 3.07. The fourth-order valence-corrected chi connectivity index (χ4v) is 2.01. The third-order valence-electron chi connectivity index (χ3n) is 2.70. The van der Waals surface area contributed by atoms with Crippen molar-refractivity contribution in [1.82, 2.24) is 14.3 Å². The Labute approximate surface area is 106 Å². The maximum absolute atomic E-state index is 10.8. The van der Waals surface area contributed by atoms with Crippen LogP contribution in [0.2, 0.25) is 0 Å². The summed E-state index contributed by atoms with van der Waals surface area (Å²) in [6.45, 7) is 3.43. The molecule has 0 unspecified atom stereocenters. The molecule has 0 radical (unpaired) electrons. The zero-order chi connectivity index (χ0) is 13.0. The van der Waals surface area contributed by atoms with E-state index in [9.17, 15) is 4.79 Å². The van der Waals surface area contributed by atoms with Crippen molar-refractivity contribution in [3.8, 4) is 0 Å². The molecule has 2 heterocycles. The molecule has 0 amide bonds. The van der Waals surface area contributed by atoms with Crippen LogP contribution in [0.15, 0.2) is 30.6 Å². The number of hydrogen-bond donors (Lipinski definition) is 1. The minimum absolute atomic E-state index is 0.0573. The highest BCUT2D eigenvalue weighted by Crippen LogP contribution is 2.07. The molecule has 0 saturated carbocycles. The highest BCUT2D eigenvalue weighted by Gasteiger charge is 2.11. The zero-order valence-corrected chi connectivity index (χ0v) is 10.4. The second-order valence-corrected chi connectivity index (χ2v) is 4.30. The van der Waals surface area contributed by atoms with Crippen LogP contribution >= 0.6 is 0 Å². The Morgan fingerprint density at radius 1 is 1.50 bits per heavy atom. The summed E-state index contributed by atoms with van der Waals surface area (Å²) in [7, 11) is 0. The van der Waals surface area contributed by atoms with Gasteiger partial charge in [-0.1, -0.05) is 13.0 Å². The largest absolute Gasteiger partial charge is 0.480 e. The van der Waals surface area contributed by atoms with E-state index < -0.39 is 5.97 Å². The van der Waals surface area contributed by atoms with Gasteiger partial charge in [0, 0.05) is 18.9 Å². The summed E-state index contributed by atoms with van der Waals surface area (Å²) in [5.41, 5.74) is 1.79. The number of carboxylic acids is 1. The molecule has 5 heteroatoms. The van der Waals surface area contributed by atoms with Crippen LogP contribution in [0, 0.1) is 0 Å². The van der Waals surface area contributed by atoms with Crippen LogP contribution in [0.3, 0.4) is 0 Å². The van der Waals surface area contributed by atoms with Crippen LogP contribution < -0.4 is 0 Å². The number of carbonyl (C=O) groups is 1. The second-order valence-electron chi connectivity index (χ2n) is 4.30. The smallest absolute Gasteiger partial charge is 0.317 e. The molecule has 0 aromatic carbocycles. The van der Waals surface area contributed by atoms with E-state index in [1.165, 1.54) is 0 Å². The van der Waals surface area contributed by atoms with E-state index in [0.717, 1.165) is 24.3 Å². The fourth-order valence-electron chi connectivity index (χ4n) is 2.01. The van der Waals surface area contributed by atoms with Crippen LogP contribution in [0.5, 0.6) is 0 Å². The zero-order valence-electron chi connectivity index (χ0n) is 10.4. The summed E-state index contributed by atoms with van der Waals surface area (Å²) >= 11 is 0. The van der Waals surface area contributed by atoms with Crippen molar-refractivity contribution in [2.45, 2.75) is 19.9 Å². The van der Waals surface area contributed by atoms with Crippen molar-refractivity contribution in [2.75, 3.05) is 13.1 Å². The van der Waals surface area contributed by atoms with E-state index in [-0.39, 0.29) is 6.54 Å². The first-order valence-electron chi connectivity index (χ1n) is 6.06. The number of rotatable bonds is 6. The summed E-state index contributed by atoms with van der Waals surface area (Å²) in [6.07, 6.45) is 4.81. The van der Waals surface area contributed by atoms with Crippen molar-refractivity contribution in [3.63, 3.8) is 0 Å².